The van der Waals surface area contributed by atoms with E-state index in [0.717, 1.165) is 38.4 Å². The molecule has 1 aliphatic heterocycles. The van der Waals surface area contributed by atoms with Crippen molar-refractivity contribution in [3.63, 3.8) is 0 Å². The molecule has 3 rings (SSSR count). The van der Waals surface area contributed by atoms with Gasteiger partial charge in [-0.2, -0.15) is 0 Å². The summed E-state index contributed by atoms with van der Waals surface area (Å²) in [7, 11) is 0. The number of aromatic amines is 2. The predicted octanol–water partition coefficient (Wildman–Crippen LogP) is 0.948. The normalized spacial score (nSPS) is 15.8. The molecule has 122 valence electrons. The smallest absolute Gasteiger partial charge is 0.326 e. The van der Waals surface area contributed by atoms with E-state index in [1.165, 1.54) is 5.56 Å². The van der Waals surface area contributed by atoms with Gasteiger partial charge < -0.3 is 9.88 Å². The molecule has 6 heteroatoms. The van der Waals surface area contributed by atoms with E-state index in [9.17, 15) is 9.59 Å². The summed E-state index contributed by atoms with van der Waals surface area (Å²) in [5.41, 5.74) is 1.92. The van der Waals surface area contributed by atoms with Crippen LogP contribution in [-0.2, 0) is 13.0 Å². The number of hydrogen-bond acceptors (Lipinski definition) is 4. The van der Waals surface area contributed by atoms with Crippen LogP contribution in [0.3, 0.4) is 0 Å². The Hall–Kier alpha value is -2.34. The van der Waals surface area contributed by atoms with Gasteiger partial charge in [0.15, 0.2) is 0 Å². The zero-order valence-corrected chi connectivity index (χ0v) is 13.3. The van der Waals surface area contributed by atoms with Crippen LogP contribution in [0.1, 0.15) is 18.2 Å². The molecule has 2 N–H and O–H groups in total. The molecule has 0 atom stereocenters. The summed E-state index contributed by atoms with van der Waals surface area (Å²) in [6, 6.07) is 10.4. The number of aryl methyl sites for hydroxylation is 1. The molecule has 0 aliphatic carbocycles. The summed E-state index contributed by atoms with van der Waals surface area (Å²) in [5, 5.41) is 0. The largest absolute Gasteiger partial charge is 0.363 e. The van der Waals surface area contributed by atoms with Crippen LogP contribution < -0.4 is 16.1 Å². The van der Waals surface area contributed by atoms with E-state index in [0.29, 0.717) is 12.1 Å². The van der Waals surface area contributed by atoms with E-state index in [2.05, 4.69) is 44.0 Å². The summed E-state index contributed by atoms with van der Waals surface area (Å²) >= 11 is 0. The summed E-state index contributed by atoms with van der Waals surface area (Å²) in [6.07, 6.45) is 0.638. The van der Waals surface area contributed by atoms with Gasteiger partial charge in [-0.3, -0.25) is 14.7 Å². The monoisotopic (exact) mass is 314 g/mol. The SMILES string of the molecule is CCc1[nH]c(=O)[nH]c(=O)c1N1CCN(Cc2ccccc2)CC1. The number of piperazine rings is 1. The molecular formula is C17H22N4O2. The Kier molecular flexibility index (Phi) is 4.62. The first-order valence-electron chi connectivity index (χ1n) is 8.04. The number of nitrogens with one attached hydrogen (secondary N) is 2. The number of aromatic nitrogens is 2. The second-order valence-electron chi connectivity index (χ2n) is 5.84. The number of anilines is 1. The van der Waals surface area contributed by atoms with E-state index in [1.54, 1.807) is 0 Å². The van der Waals surface area contributed by atoms with Crippen molar-refractivity contribution in [2.24, 2.45) is 0 Å². The van der Waals surface area contributed by atoms with Crippen LogP contribution in [0.2, 0.25) is 0 Å². The Morgan fingerprint density at radius 3 is 2.35 bits per heavy atom. The summed E-state index contributed by atoms with van der Waals surface area (Å²) in [6.45, 7) is 6.24. The predicted molar refractivity (Wildman–Crippen MR) is 91.0 cm³/mol. The maximum Gasteiger partial charge on any atom is 0.326 e. The van der Waals surface area contributed by atoms with Crippen molar-refractivity contribution in [1.29, 1.82) is 0 Å². The van der Waals surface area contributed by atoms with Crippen molar-refractivity contribution in [2.45, 2.75) is 19.9 Å². The fraction of sp³-hybridized carbons (Fsp3) is 0.412. The first kappa shape index (κ1) is 15.6. The molecule has 6 nitrogen and oxygen atoms in total. The number of nitrogens with zero attached hydrogens (tertiary/aromatic N) is 2. The Labute approximate surface area is 134 Å². The van der Waals surface area contributed by atoms with Crippen LogP contribution in [-0.4, -0.2) is 41.0 Å². The van der Waals surface area contributed by atoms with Crippen LogP contribution in [0.4, 0.5) is 5.69 Å². The van der Waals surface area contributed by atoms with Gasteiger partial charge in [-0.25, -0.2) is 4.79 Å². The number of rotatable bonds is 4. The molecule has 0 radical (unpaired) electrons. The van der Waals surface area contributed by atoms with Gasteiger partial charge in [0.2, 0.25) is 0 Å². The maximum atomic E-state index is 12.2. The average Bonchev–Trinajstić information content (AvgIpc) is 2.56. The minimum Gasteiger partial charge on any atom is -0.363 e. The van der Waals surface area contributed by atoms with Crippen molar-refractivity contribution in [3.8, 4) is 0 Å². The lowest BCUT2D eigenvalue weighted by atomic mass is 10.2. The van der Waals surface area contributed by atoms with Crippen LogP contribution in [0.25, 0.3) is 0 Å². The fourth-order valence-electron chi connectivity index (χ4n) is 3.09. The van der Waals surface area contributed by atoms with Crippen molar-refractivity contribution in [2.75, 3.05) is 31.1 Å². The molecule has 0 bridgehead atoms. The Balaban J connectivity index is 1.70. The van der Waals surface area contributed by atoms with E-state index in [-0.39, 0.29) is 5.56 Å². The molecule has 1 aliphatic rings. The van der Waals surface area contributed by atoms with Gasteiger partial charge in [0.1, 0.15) is 5.69 Å². The number of benzene rings is 1. The summed E-state index contributed by atoms with van der Waals surface area (Å²) < 4.78 is 0. The first-order chi connectivity index (χ1) is 11.2. The Morgan fingerprint density at radius 1 is 1.00 bits per heavy atom. The molecule has 0 amide bonds. The summed E-state index contributed by atoms with van der Waals surface area (Å²) in [5.74, 6) is 0. The molecule has 0 spiro atoms. The highest BCUT2D eigenvalue weighted by atomic mass is 16.2. The first-order valence-corrected chi connectivity index (χ1v) is 8.04. The molecule has 0 unspecified atom stereocenters. The standard InChI is InChI=1S/C17H22N4O2/c1-2-14-15(16(22)19-17(23)18-14)21-10-8-20(9-11-21)12-13-6-4-3-5-7-13/h3-7H,2,8-12H2,1H3,(H2,18,19,22,23). The van der Waals surface area contributed by atoms with Gasteiger partial charge in [0.05, 0.1) is 0 Å². The van der Waals surface area contributed by atoms with Crippen LogP contribution in [0, 0.1) is 0 Å². The van der Waals surface area contributed by atoms with Crippen molar-refractivity contribution < 1.29 is 0 Å². The Morgan fingerprint density at radius 2 is 1.70 bits per heavy atom. The number of H-pyrrole nitrogens is 2. The van der Waals surface area contributed by atoms with Crippen LogP contribution >= 0.6 is 0 Å². The van der Waals surface area contributed by atoms with E-state index < -0.39 is 5.69 Å². The van der Waals surface area contributed by atoms with E-state index in [4.69, 9.17) is 0 Å². The number of hydrogen-bond donors (Lipinski definition) is 2. The molecule has 1 aromatic carbocycles. The fourth-order valence-corrected chi connectivity index (χ4v) is 3.09. The van der Waals surface area contributed by atoms with Gasteiger partial charge in [-0.15, -0.1) is 0 Å². The van der Waals surface area contributed by atoms with Gasteiger partial charge >= 0.3 is 5.69 Å². The van der Waals surface area contributed by atoms with Crippen LogP contribution in [0.5, 0.6) is 0 Å². The van der Waals surface area contributed by atoms with E-state index in [1.807, 2.05) is 13.0 Å². The average molecular weight is 314 g/mol. The third-order valence-corrected chi connectivity index (χ3v) is 4.28. The van der Waals surface area contributed by atoms with Crippen LogP contribution in [0.15, 0.2) is 39.9 Å². The third kappa shape index (κ3) is 3.53. The highest BCUT2D eigenvalue weighted by Crippen LogP contribution is 2.16. The quantitative estimate of drug-likeness (QED) is 0.881. The zero-order chi connectivity index (χ0) is 16.2. The molecule has 1 aromatic heterocycles. The van der Waals surface area contributed by atoms with Gasteiger partial charge in [-0.1, -0.05) is 37.3 Å². The summed E-state index contributed by atoms with van der Waals surface area (Å²) in [4.78, 5) is 33.1. The molecular weight excluding hydrogens is 292 g/mol. The molecule has 1 saturated heterocycles. The van der Waals surface area contributed by atoms with Gasteiger partial charge in [0, 0.05) is 38.4 Å². The third-order valence-electron chi connectivity index (χ3n) is 4.28. The molecule has 1 fully saturated rings. The molecule has 0 saturated carbocycles. The Bertz CT molecular complexity index is 758. The lowest BCUT2D eigenvalue weighted by Gasteiger charge is -2.36. The molecule has 2 aromatic rings. The minimum absolute atomic E-state index is 0.290. The highest BCUT2D eigenvalue weighted by molar-refractivity contribution is 5.49. The topological polar surface area (TPSA) is 72.2 Å². The lowest BCUT2D eigenvalue weighted by Crippen LogP contribution is -2.48. The van der Waals surface area contributed by atoms with Crippen molar-refractivity contribution >= 4 is 5.69 Å². The van der Waals surface area contributed by atoms with Gasteiger partial charge in [0.25, 0.3) is 5.56 Å². The van der Waals surface area contributed by atoms with Crippen molar-refractivity contribution in [3.05, 3.63) is 62.4 Å². The molecule has 23 heavy (non-hydrogen) atoms. The van der Waals surface area contributed by atoms with Crippen molar-refractivity contribution in [1.82, 2.24) is 14.9 Å². The second-order valence-corrected chi connectivity index (χ2v) is 5.84. The molecule has 2 heterocycles. The maximum absolute atomic E-state index is 12.2. The minimum atomic E-state index is -0.432. The highest BCUT2D eigenvalue weighted by Gasteiger charge is 2.21. The van der Waals surface area contributed by atoms with E-state index >= 15 is 0 Å². The van der Waals surface area contributed by atoms with Gasteiger partial charge in [-0.05, 0) is 12.0 Å². The zero-order valence-electron chi connectivity index (χ0n) is 13.3. The second kappa shape index (κ2) is 6.83. The lowest BCUT2D eigenvalue weighted by molar-refractivity contribution is 0.249.